The average Bonchev–Trinajstić information content (AvgIpc) is 2.90. The highest BCUT2D eigenvalue weighted by atomic mass is 35.5. The van der Waals surface area contributed by atoms with E-state index < -0.39 is 5.97 Å². The van der Waals surface area contributed by atoms with Gasteiger partial charge in [0.15, 0.2) is 0 Å². The van der Waals surface area contributed by atoms with Gasteiger partial charge < -0.3 is 9.67 Å². The van der Waals surface area contributed by atoms with Crippen LogP contribution in [0.15, 0.2) is 48.8 Å². The van der Waals surface area contributed by atoms with Crippen LogP contribution in [0.1, 0.15) is 28.9 Å². The molecule has 0 aliphatic carbocycles. The number of para-hydroxylation sites is 1. The summed E-state index contributed by atoms with van der Waals surface area (Å²) < 4.78 is 1.85. The molecule has 106 valence electrons. The van der Waals surface area contributed by atoms with Crippen LogP contribution in [0.3, 0.4) is 0 Å². The van der Waals surface area contributed by atoms with Crippen molar-refractivity contribution in [3.63, 3.8) is 0 Å². The molecule has 1 N–H and O–H groups in total. The van der Waals surface area contributed by atoms with E-state index in [1.54, 1.807) is 24.5 Å². The van der Waals surface area contributed by atoms with Crippen LogP contribution in [-0.4, -0.2) is 20.6 Å². The van der Waals surface area contributed by atoms with Gasteiger partial charge in [0.1, 0.15) is 0 Å². The largest absolute Gasteiger partial charge is 0.478 e. The summed E-state index contributed by atoms with van der Waals surface area (Å²) in [5.41, 5.74) is 2.44. The summed E-state index contributed by atoms with van der Waals surface area (Å²) in [6.45, 7) is 1.97. The average molecular weight is 301 g/mol. The third-order valence-corrected chi connectivity index (χ3v) is 3.94. The molecule has 3 rings (SSSR count). The van der Waals surface area contributed by atoms with Crippen LogP contribution in [0.5, 0.6) is 0 Å². The Morgan fingerprint density at radius 2 is 2.00 bits per heavy atom. The molecule has 0 spiro atoms. The Morgan fingerprint density at radius 1 is 1.24 bits per heavy atom. The van der Waals surface area contributed by atoms with Gasteiger partial charge >= 0.3 is 5.97 Å². The van der Waals surface area contributed by atoms with E-state index in [1.165, 1.54) is 0 Å². The predicted octanol–water partition coefficient (Wildman–Crippen LogP) is 4.00. The number of hydrogen-bond donors (Lipinski definition) is 1. The fourth-order valence-corrected chi connectivity index (χ4v) is 2.81. The predicted molar refractivity (Wildman–Crippen MR) is 82.0 cm³/mol. The summed E-state index contributed by atoms with van der Waals surface area (Å²) >= 11 is 6.24. The molecule has 0 aliphatic rings. The zero-order valence-corrected chi connectivity index (χ0v) is 12.1. The molecule has 1 aromatic heterocycles. The van der Waals surface area contributed by atoms with E-state index in [2.05, 4.69) is 4.98 Å². The zero-order valence-electron chi connectivity index (χ0n) is 11.3. The maximum Gasteiger partial charge on any atom is 0.337 e. The second kappa shape index (κ2) is 5.22. The van der Waals surface area contributed by atoms with Crippen LogP contribution in [-0.2, 0) is 0 Å². The molecule has 21 heavy (non-hydrogen) atoms. The maximum absolute atomic E-state index is 11.4. The maximum atomic E-state index is 11.4. The highest BCUT2D eigenvalue weighted by molar-refractivity contribution is 6.31. The molecule has 4 nitrogen and oxygen atoms in total. The first-order valence-electron chi connectivity index (χ1n) is 6.53. The van der Waals surface area contributed by atoms with Gasteiger partial charge in [-0.25, -0.2) is 9.78 Å². The third kappa shape index (κ3) is 2.28. The normalized spacial score (nSPS) is 12.5. The molecular weight excluding hydrogens is 288 g/mol. The number of nitrogens with zero attached hydrogens (tertiary/aromatic N) is 2. The van der Waals surface area contributed by atoms with Gasteiger partial charge in [-0.2, -0.15) is 0 Å². The summed E-state index contributed by atoms with van der Waals surface area (Å²) in [6, 6.07) is 12.5. The van der Waals surface area contributed by atoms with Crippen LogP contribution >= 0.6 is 11.6 Å². The Bertz CT molecular complexity index is 826. The molecule has 0 saturated carbocycles. The zero-order chi connectivity index (χ0) is 15.0. The number of carbonyl (C=O) groups is 1. The number of halogens is 1. The minimum absolute atomic E-state index is 0.107. The number of benzene rings is 2. The monoisotopic (exact) mass is 300 g/mol. The van der Waals surface area contributed by atoms with Crippen molar-refractivity contribution in [2.75, 3.05) is 0 Å². The van der Waals surface area contributed by atoms with Gasteiger partial charge in [-0.05, 0) is 30.7 Å². The molecule has 0 aliphatic heterocycles. The Morgan fingerprint density at radius 3 is 2.71 bits per heavy atom. The number of carboxylic acid groups (broad SMARTS) is 1. The molecule has 0 fully saturated rings. The summed E-state index contributed by atoms with van der Waals surface area (Å²) in [4.78, 5) is 15.7. The fraction of sp³-hybridized carbons (Fsp3) is 0.125. The van der Waals surface area contributed by atoms with Crippen LogP contribution in [0.4, 0.5) is 0 Å². The molecule has 1 unspecified atom stereocenters. The van der Waals surface area contributed by atoms with Crippen molar-refractivity contribution in [3.8, 4) is 0 Å². The van der Waals surface area contributed by atoms with Crippen molar-refractivity contribution in [3.05, 3.63) is 64.9 Å². The van der Waals surface area contributed by atoms with Crippen molar-refractivity contribution in [2.24, 2.45) is 0 Å². The van der Waals surface area contributed by atoms with Crippen molar-refractivity contribution in [1.29, 1.82) is 0 Å². The van der Waals surface area contributed by atoms with Gasteiger partial charge in [0.2, 0.25) is 0 Å². The molecule has 5 heteroatoms. The Hall–Kier alpha value is -2.33. The number of imidazole rings is 1. The van der Waals surface area contributed by atoms with Gasteiger partial charge in [0.25, 0.3) is 0 Å². The fourth-order valence-electron chi connectivity index (χ4n) is 2.52. The van der Waals surface area contributed by atoms with Crippen molar-refractivity contribution < 1.29 is 9.90 Å². The standard InChI is InChI=1S/C16H13ClN2O2/c1-10(11-5-2-3-7-13(11)17)19-9-18-14-8-4-6-12(15(14)19)16(20)21/h2-10H,1H3,(H,20,21). The van der Waals surface area contributed by atoms with Gasteiger partial charge in [0, 0.05) is 5.02 Å². The lowest BCUT2D eigenvalue weighted by atomic mass is 10.1. The summed E-state index contributed by atoms with van der Waals surface area (Å²) in [7, 11) is 0. The van der Waals surface area contributed by atoms with Crippen LogP contribution in [0, 0.1) is 0 Å². The van der Waals surface area contributed by atoms with Gasteiger partial charge in [0.05, 0.1) is 29.0 Å². The van der Waals surface area contributed by atoms with Gasteiger partial charge in [-0.1, -0.05) is 35.9 Å². The summed E-state index contributed by atoms with van der Waals surface area (Å²) in [6.07, 6.45) is 1.66. The van der Waals surface area contributed by atoms with Crippen molar-refractivity contribution in [1.82, 2.24) is 9.55 Å². The lowest BCUT2D eigenvalue weighted by molar-refractivity contribution is 0.0698. The number of hydrogen-bond acceptors (Lipinski definition) is 2. The molecule has 0 amide bonds. The summed E-state index contributed by atoms with van der Waals surface area (Å²) in [5, 5.41) is 10.0. The van der Waals surface area contributed by atoms with Crippen LogP contribution < -0.4 is 0 Å². The highest BCUT2D eigenvalue weighted by Gasteiger charge is 2.18. The number of carboxylic acids is 1. The third-order valence-electron chi connectivity index (χ3n) is 3.60. The van der Waals surface area contributed by atoms with E-state index in [9.17, 15) is 9.90 Å². The van der Waals surface area contributed by atoms with E-state index in [-0.39, 0.29) is 11.6 Å². The van der Waals surface area contributed by atoms with E-state index in [1.807, 2.05) is 35.8 Å². The first-order valence-corrected chi connectivity index (χ1v) is 6.90. The molecule has 2 aromatic carbocycles. The topological polar surface area (TPSA) is 55.1 Å². The van der Waals surface area contributed by atoms with Gasteiger partial charge in [-0.3, -0.25) is 0 Å². The molecule has 1 heterocycles. The lowest BCUT2D eigenvalue weighted by Crippen LogP contribution is -2.09. The van der Waals surface area contributed by atoms with E-state index in [0.29, 0.717) is 16.1 Å². The quantitative estimate of drug-likeness (QED) is 0.795. The number of fused-ring (bicyclic) bond motifs is 1. The van der Waals surface area contributed by atoms with E-state index in [4.69, 9.17) is 11.6 Å². The van der Waals surface area contributed by atoms with E-state index >= 15 is 0 Å². The number of aromatic nitrogens is 2. The van der Waals surface area contributed by atoms with Crippen molar-refractivity contribution in [2.45, 2.75) is 13.0 Å². The number of rotatable bonds is 3. The SMILES string of the molecule is CC(c1ccccc1Cl)n1cnc2cccc(C(=O)O)c21. The van der Waals surface area contributed by atoms with Gasteiger partial charge in [-0.15, -0.1) is 0 Å². The molecule has 3 aromatic rings. The molecule has 1 atom stereocenters. The first-order chi connectivity index (χ1) is 10.1. The highest BCUT2D eigenvalue weighted by Crippen LogP contribution is 2.29. The second-order valence-electron chi connectivity index (χ2n) is 4.83. The molecule has 0 saturated heterocycles. The minimum Gasteiger partial charge on any atom is -0.478 e. The van der Waals surface area contributed by atoms with Crippen LogP contribution in [0.2, 0.25) is 5.02 Å². The Kier molecular flexibility index (Phi) is 3.39. The smallest absolute Gasteiger partial charge is 0.337 e. The molecule has 0 bridgehead atoms. The Balaban J connectivity index is 2.21. The molecular formula is C16H13ClN2O2. The summed E-state index contributed by atoms with van der Waals surface area (Å²) in [5.74, 6) is -0.964. The first kappa shape index (κ1) is 13.6. The lowest BCUT2D eigenvalue weighted by Gasteiger charge is -2.17. The minimum atomic E-state index is -0.964. The number of aromatic carboxylic acids is 1. The van der Waals surface area contributed by atoms with Crippen molar-refractivity contribution >= 4 is 28.6 Å². The second-order valence-corrected chi connectivity index (χ2v) is 5.23. The van der Waals surface area contributed by atoms with Crippen LogP contribution in [0.25, 0.3) is 11.0 Å². The molecule has 0 radical (unpaired) electrons. The Labute approximate surface area is 126 Å². The van der Waals surface area contributed by atoms with E-state index in [0.717, 1.165) is 5.56 Å².